The van der Waals surface area contributed by atoms with Crippen molar-refractivity contribution in [1.82, 2.24) is 0 Å². The zero-order chi connectivity index (χ0) is 16.2. The Hall–Kier alpha value is -0.860. The summed E-state index contributed by atoms with van der Waals surface area (Å²) >= 11 is 0. The van der Waals surface area contributed by atoms with Gasteiger partial charge in [0.2, 0.25) is 0 Å². The minimum atomic E-state index is -0.607. The van der Waals surface area contributed by atoms with Crippen LogP contribution in [0.1, 0.15) is 77.5 Å². The summed E-state index contributed by atoms with van der Waals surface area (Å²) in [4.78, 5) is 0. The molecule has 0 aromatic heterocycles. The van der Waals surface area contributed by atoms with Gasteiger partial charge in [0.15, 0.2) is 5.79 Å². The topological polar surface area (TPSA) is 18.5 Å². The summed E-state index contributed by atoms with van der Waals surface area (Å²) in [7, 11) is 0. The summed E-state index contributed by atoms with van der Waals surface area (Å²) in [5.74, 6) is -0.607. The highest BCUT2D eigenvalue weighted by Gasteiger charge is 2.40. The lowest BCUT2D eigenvalue weighted by molar-refractivity contribution is -0.288. The zero-order valence-electron chi connectivity index (χ0n) is 15.0. The Kier molecular flexibility index (Phi) is 3.69. The molecule has 0 N–H and O–H groups in total. The molecule has 0 radical (unpaired) electrons. The first-order chi connectivity index (χ1) is 10.1. The van der Waals surface area contributed by atoms with Crippen LogP contribution in [0.5, 0.6) is 0 Å². The third-order valence-electron chi connectivity index (χ3n) is 5.71. The molecule has 0 bridgehead atoms. The van der Waals surface area contributed by atoms with Crippen LogP contribution in [-0.4, -0.2) is 12.7 Å². The van der Waals surface area contributed by atoms with Crippen molar-refractivity contribution < 1.29 is 9.47 Å². The minimum absolute atomic E-state index is 0.220. The van der Waals surface area contributed by atoms with Gasteiger partial charge >= 0.3 is 0 Å². The Labute approximate surface area is 135 Å². The molecule has 122 valence electrons. The average Bonchev–Trinajstić information content (AvgIpc) is 2.43. The lowest BCUT2D eigenvalue weighted by atomic mass is 9.63. The van der Waals surface area contributed by atoms with Gasteiger partial charge in [-0.2, -0.15) is 0 Å². The summed E-state index contributed by atoms with van der Waals surface area (Å²) < 4.78 is 12.2. The van der Waals surface area contributed by atoms with Crippen molar-refractivity contribution in [3.8, 4) is 0 Å². The maximum Gasteiger partial charge on any atom is 0.192 e. The minimum Gasteiger partial charge on any atom is -0.346 e. The molecule has 2 atom stereocenters. The number of rotatable bonds is 1. The Morgan fingerprint density at radius 1 is 0.955 bits per heavy atom. The fourth-order valence-corrected chi connectivity index (χ4v) is 3.92. The van der Waals surface area contributed by atoms with Crippen molar-refractivity contribution in [2.45, 2.75) is 83.5 Å². The Bertz CT molecular complexity index is 573. The first kappa shape index (κ1) is 16.0. The van der Waals surface area contributed by atoms with E-state index >= 15 is 0 Å². The maximum atomic E-state index is 6.15. The van der Waals surface area contributed by atoms with Crippen LogP contribution in [0.2, 0.25) is 0 Å². The molecule has 2 aliphatic rings. The van der Waals surface area contributed by atoms with Gasteiger partial charge < -0.3 is 9.47 Å². The van der Waals surface area contributed by atoms with Crippen molar-refractivity contribution in [3.63, 3.8) is 0 Å². The number of fused-ring (bicyclic) bond motifs is 1. The molecule has 1 aliphatic carbocycles. The van der Waals surface area contributed by atoms with Crippen molar-refractivity contribution in [3.05, 3.63) is 34.9 Å². The highest BCUT2D eigenvalue weighted by molar-refractivity contribution is 5.44. The SMILES string of the molecule is CC1CCOC(C)(c2ccc3c(c2)C(C)(C)CCC3(C)C)O1. The first-order valence-corrected chi connectivity index (χ1v) is 8.61. The van der Waals surface area contributed by atoms with E-state index in [2.05, 4.69) is 59.7 Å². The van der Waals surface area contributed by atoms with Crippen LogP contribution in [0.3, 0.4) is 0 Å². The second-order valence-electron chi connectivity index (χ2n) is 8.54. The van der Waals surface area contributed by atoms with E-state index in [1.165, 1.54) is 24.0 Å². The molecule has 1 aromatic rings. The van der Waals surface area contributed by atoms with Crippen molar-refractivity contribution in [2.24, 2.45) is 0 Å². The quantitative estimate of drug-likeness (QED) is 0.724. The lowest BCUT2D eigenvalue weighted by Gasteiger charge is -2.43. The molecule has 1 fully saturated rings. The molecule has 1 saturated heterocycles. The molecule has 2 heteroatoms. The smallest absolute Gasteiger partial charge is 0.192 e. The molecule has 2 nitrogen and oxygen atoms in total. The maximum absolute atomic E-state index is 6.15. The monoisotopic (exact) mass is 302 g/mol. The van der Waals surface area contributed by atoms with Crippen molar-refractivity contribution >= 4 is 0 Å². The van der Waals surface area contributed by atoms with E-state index in [0.717, 1.165) is 18.6 Å². The summed E-state index contributed by atoms with van der Waals surface area (Å²) in [5.41, 5.74) is 4.58. The number of hydrogen-bond acceptors (Lipinski definition) is 2. The van der Waals surface area contributed by atoms with E-state index in [9.17, 15) is 0 Å². The van der Waals surface area contributed by atoms with Crippen LogP contribution in [0.25, 0.3) is 0 Å². The Balaban J connectivity index is 2.06. The second-order valence-corrected chi connectivity index (χ2v) is 8.54. The lowest BCUT2D eigenvalue weighted by Crippen LogP contribution is -2.40. The van der Waals surface area contributed by atoms with Gasteiger partial charge in [-0.15, -0.1) is 0 Å². The molecule has 2 unspecified atom stereocenters. The molecule has 1 heterocycles. The van der Waals surface area contributed by atoms with Gasteiger partial charge in [-0.25, -0.2) is 0 Å². The highest BCUT2D eigenvalue weighted by Crippen LogP contribution is 2.47. The number of ether oxygens (including phenoxy) is 2. The van der Waals surface area contributed by atoms with E-state index in [0.29, 0.717) is 0 Å². The van der Waals surface area contributed by atoms with Gasteiger partial charge in [-0.05, 0) is 61.1 Å². The predicted octanol–water partition coefficient (Wildman–Crippen LogP) is 5.03. The van der Waals surface area contributed by atoms with Gasteiger partial charge in [0.25, 0.3) is 0 Å². The van der Waals surface area contributed by atoms with Gasteiger partial charge in [0.05, 0.1) is 12.7 Å². The first-order valence-electron chi connectivity index (χ1n) is 8.61. The van der Waals surface area contributed by atoms with Gasteiger partial charge in [0, 0.05) is 5.56 Å². The van der Waals surface area contributed by atoms with Crippen LogP contribution in [-0.2, 0) is 26.1 Å². The average molecular weight is 302 g/mol. The predicted molar refractivity (Wildman–Crippen MR) is 90.2 cm³/mol. The normalized spacial score (nSPS) is 33.3. The molecule has 0 saturated carbocycles. The Morgan fingerprint density at radius 3 is 2.23 bits per heavy atom. The van der Waals surface area contributed by atoms with Crippen molar-refractivity contribution in [2.75, 3.05) is 6.61 Å². The zero-order valence-corrected chi connectivity index (χ0v) is 15.0. The fourth-order valence-electron chi connectivity index (χ4n) is 3.92. The number of benzene rings is 1. The van der Waals surface area contributed by atoms with E-state index in [1.54, 1.807) is 0 Å². The van der Waals surface area contributed by atoms with Crippen LogP contribution in [0, 0.1) is 0 Å². The third kappa shape index (κ3) is 2.61. The molecule has 1 aromatic carbocycles. The highest BCUT2D eigenvalue weighted by atomic mass is 16.7. The summed E-state index contributed by atoms with van der Waals surface area (Å²) in [5, 5.41) is 0. The Morgan fingerprint density at radius 2 is 1.59 bits per heavy atom. The van der Waals surface area contributed by atoms with Crippen LogP contribution in [0.4, 0.5) is 0 Å². The second kappa shape index (κ2) is 5.07. The van der Waals surface area contributed by atoms with Gasteiger partial charge in [-0.1, -0.05) is 39.8 Å². The van der Waals surface area contributed by atoms with Crippen LogP contribution < -0.4 is 0 Å². The van der Waals surface area contributed by atoms with Gasteiger partial charge in [-0.3, -0.25) is 0 Å². The standard InChI is InChI=1S/C20H30O2/c1-14-9-12-21-20(6,22-14)15-7-8-16-17(13-15)19(4,5)11-10-18(16,2)3/h7-8,13-14H,9-12H2,1-6H3. The van der Waals surface area contributed by atoms with E-state index in [4.69, 9.17) is 9.47 Å². The molecule has 1 aliphatic heterocycles. The largest absolute Gasteiger partial charge is 0.346 e. The molecule has 22 heavy (non-hydrogen) atoms. The van der Waals surface area contributed by atoms with E-state index in [-0.39, 0.29) is 16.9 Å². The van der Waals surface area contributed by atoms with E-state index in [1.807, 2.05) is 0 Å². The molecule has 0 spiro atoms. The van der Waals surface area contributed by atoms with Crippen LogP contribution in [0.15, 0.2) is 18.2 Å². The van der Waals surface area contributed by atoms with Gasteiger partial charge in [0.1, 0.15) is 0 Å². The fraction of sp³-hybridized carbons (Fsp3) is 0.700. The molecule has 3 rings (SSSR count). The number of hydrogen-bond donors (Lipinski definition) is 0. The molecule has 0 amide bonds. The van der Waals surface area contributed by atoms with E-state index < -0.39 is 5.79 Å². The third-order valence-corrected chi connectivity index (χ3v) is 5.71. The summed E-state index contributed by atoms with van der Waals surface area (Å²) in [6, 6.07) is 6.86. The molecular formula is C20H30O2. The van der Waals surface area contributed by atoms with Crippen LogP contribution >= 0.6 is 0 Å². The molecular weight excluding hydrogens is 272 g/mol. The summed E-state index contributed by atoms with van der Waals surface area (Å²) in [6.45, 7) is 14.4. The summed E-state index contributed by atoms with van der Waals surface area (Å²) in [6.07, 6.45) is 3.69. The van der Waals surface area contributed by atoms with Crippen molar-refractivity contribution in [1.29, 1.82) is 0 Å².